The summed E-state index contributed by atoms with van der Waals surface area (Å²) in [4.78, 5) is 10.2. The highest BCUT2D eigenvalue weighted by molar-refractivity contribution is 5.65. The molecule has 0 spiro atoms. The predicted molar refractivity (Wildman–Crippen MR) is 34.3 cm³/mol. The largest absolute Gasteiger partial charge is 0.466 e. The van der Waals surface area contributed by atoms with E-state index in [0.717, 1.165) is 0 Å². The van der Waals surface area contributed by atoms with E-state index in [-0.39, 0.29) is 12.6 Å². The van der Waals surface area contributed by atoms with Crippen molar-refractivity contribution < 1.29 is 19.4 Å². The molecule has 0 aromatic carbocycles. The van der Waals surface area contributed by atoms with Crippen molar-refractivity contribution in [2.45, 2.75) is 19.6 Å². The molecule has 0 radical (unpaired) electrons. The Morgan fingerprint density at radius 1 is 1.70 bits per heavy atom. The van der Waals surface area contributed by atoms with Gasteiger partial charge in [0.25, 0.3) is 0 Å². The van der Waals surface area contributed by atoms with E-state index >= 15 is 0 Å². The van der Waals surface area contributed by atoms with E-state index in [1.807, 2.05) is 0 Å². The number of hydrogen-bond acceptors (Lipinski definition) is 4. The van der Waals surface area contributed by atoms with Gasteiger partial charge in [0.2, 0.25) is 0 Å². The fraction of sp³-hybridized carbons (Fsp3) is 0.833. The van der Waals surface area contributed by atoms with Gasteiger partial charge in [0.15, 0.2) is 6.29 Å². The zero-order valence-electron chi connectivity index (χ0n) is 6.16. The number of carbonyl (C=O) groups excluding carboxylic acids is 1. The molecule has 0 aliphatic carbocycles. The van der Waals surface area contributed by atoms with Crippen LogP contribution in [0, 0.1) is 0 Å². The number of methoxy groups -OCH3 is 1. The summed E-state index contributed by atoms with van der Waals surface area (Å²) in [5, 5.41) is 8.76. The van der Waals surface area contributed by atoms with Crippen LogP contribution in [0.4, 0.5) is 0 Å². The Balaban J connectivity index is 3.11. The van der Waals surface area contributed by atoms with Crippen molar-refractivity contribution in [2.75, 3.05) is 13.7 Å². The molecular weight excluding hydrogens is 136 g/mol. The van der Waals surface area contributed by atoms with E-state index in [1.54, 1.807) is 0 Å². The van der Waals surface area contributed by atoms with Crippen LogP contribution in [0.2, 0.25) is 0 Å². The Bertz CT molecular complexity index is 102. The highest BCUT2D eigenvalue weighted by Gasteiger charge is 2.01. The van der Waals surface area contributed by atoms with Gasteiger partial charge in [-0.15, -0.1) is 0 Å². The molecule has 10 heavy (non-hydrogen) atoms. The van der Waals surface area contributed by atoms with E-state index in [4.69, 9.17) is 5.11 Å². The summed E-state index contributed by atoms with van der Waals surface area (Å²) in [5.41, 5.74) is 0. The second kappa shape index (κ2) is 5.20. The van der Waals surface area contributed by atoms with Crippen LogP contribution in [0.25, 0.3) is 0 Å². The molecule has 0 rings (SSSR count). The lowest BCUT2D eigenvalue weighted by Gasteiger charge is -2.06. The summed E-state index contributed by atoms with van der Waals surface area (Å²) in [6, 6.07) is 0. The molecule has 4 nitrogen and oxygen atoms in total. The van der Waals surface area contributed by atoms with E-state index in [9.17, 15) is 4.79 Å². The minimum Gasteiger partial charge on any atom is -0.466 e. The molecule has 0 aromatic rings. The molecule has 0 bridgehead atoms. The van der Waals surface area contributed by atoms with Crippen molar-refractivity contribution in [2.24, 2.45) is 0 Å². The molecular formula is C6H12O4. The zero-order chi connectivity index (χ0) is 7.98. The van der Waals surface area contributed by atoms with Crippen molar-refractivity contribution in [3.05, 3.63) is 0 Å². The second-order valence-electron chi connectivity index (χ2n) is 1.82. The lowest BCUT2D eigenvalue weighted by molar-refractivity contribution is -0.144. The fourth-order valence-corrected chi connectivity index (χ4v) is 0.421. The molecule has 0 fully saturated rings. The molecule has 1 atom stereocenters. The maximum atomic E-state index is 10.2. The van der Waals surface area contributed by atoms with Gasteiger partial charge in [0, 0.05) is 20.5 Å². The van der Waals surface area contributed by atoms with E-state index in [2.05, 4.69) is 9.47 Å². The molecule has 1 unspecified atom stereocenters. The summed E-state index contributed by atoms with van der Waals surface area (Å²) in [6.45, 7) is 1.52. The molecule has 0 aliphatic rings. The Hall–Kier alpha value is -0.610. The van der Waals surface area contributed by atoms with E-state index in [0.29, 0.717) is 6.42 Å². The minimum atomic E-state index is -0.834. The van der Waals surface area contributed by atoms with Crippen LogP contribution < -0.4 is 0 Å². The SMILES string of the molecule is COC(O)CCOC(C)=O. The van der Waals surface area contributed by atoms with Gasteiger partial charge < -0.3 is 14.6 Å². The van der Waals surface area contributed by atoms with Gasteiger partial charge in [0.05, 0.1) is 6.61 Å². The quantitative estimate of drug-likeness (QED) is 0.447. The first-order valence-corrected chi connectivity index (χ1v) is 3.01. The maximum Gasteiger partial charge on any atom is 0.302 e. The van der Waals surface area contributed by atoms with E-state index in [1.165, 1.54) is 14.0 Å². The van der Waals surface area contributed by atoms with Crippen molar-refractivity contribution in [3.8, 4) is 0 Å². The van der Waals surface area contributed by atoms with Gasteiger partial charge in [0.1, 0.15) is 0 Å². The summed E-state index contributed by atoms with van der Waals surface area (Å²) in [5.74, 6) is -0.344. The van der Waals surface area contributed by atoms with Crippen LogP contribution in [0.3, 0.4) is 0 Å². The zero-order valence-corrected chi connectivity index (χ0v) is 6.16. The topological polar surface area (TPSA) is 55.8 Å². The average molecular weight is 148 g/mol. The predicted octanol–water partition coefficient (Wildman–Crippen LogP) is -0.0956. The minimum absolute atomic E-state index is 0.199. The number of ether oxygens (including phenoxy) is 2. The number of carbonyl (C=O) groups is 1. The van der Waals surface area contributed by atoms with Crippen LogP contribution in [-0.4, -0.2) is 31.1 Å². The lowest BCUT2D eigenvalue weighted by Crippen LogP contribution is -2.13. The number of aliphatic hydroxyl groups is 1. The molecule has 0 aromatic heterocycles. The highest BCUT2D eigenvalue weighted by Crippen LogP contribution is 1.91. The molecule has 60 valence electrons. The van der Waals surface area contributed by atoms with Crippen molar-refractivity contribution in [3.63, 3.8) is 0 Å². The van der Waals surface area contributed by atoms with Crippen LogP contribution >= 0.6 is 0 Å². The molecule has 4 heteroatoms. The molecule has 0 saturated carbocycles. The van der Waals surface area contributed by atoms with Gasteiger partial charge >= 0.3 is 5.97 Å². The molecule has 0 amide bonds. The van der Waals surface area contributed by atoms with Gasteiger partial charge in [-0.05, 0) is 0 Å². The first-order valence-electron chi connectivity index (χ1n) is 3.01. The summed E-state index contributed by atoms with van der Waals surface area (Å²) in [6.07, 6.45) is -0.518. The summed E-state index contributed by atoms with van der Waals surface area (Å²) < 4.78 is 9.03. The van der Waals surface area contributed by atoms with Gasteiger partial charge in [-0.2, -0.15) is 0 Å². The van der Waals surface area contributed by atoms with Gasteiger partial charge in [-0.1, -0.05) is 0 Å². The Morgan fingerprint density at radius 3 is 2.70 bits per heavy atom. The van der Waals surface area contributed by atoms with Crippen LogP contribution in [0.15, 0.2) is 0 Å². The Morgan fingerprint density at radius 2 is 2.30 bits per heavy atom. The summed E-state index contributed by atoms with van der Waals surface area (Å²) >= 11 is 0. The van der Waals surface area contributed by atoms with Gasteiger partial charge in [-0.25, -0.2) is 0 Å². The van der Waals surface area contributed by atoms with Crippen molar-refractivity contribution >= 4 is 5.97 Å². The monoisotopic (exact) mass is 148 g/mol. The number of esters is 1. The maximum absolute atomic E-state index is 10.2. The smallest absolute Gasteiger partial charge is 0.302 e. The Kier molecular flexibility index (Phi) is 4.88. The first kappa shape index (κ1) is 9.39. The normalized spacial score (nSPS) is 12.7. The molecule has 0 saturated heterocycles. The average Bonchev–Trinajstić information content (AvgIpc) is 1.87. The third-order valence-corrected chi connectivity index (χ3v) is 0.942. The van der Waals surface area contributed by atoms with Gasteiger partial charge in [-0.3, -0.25) is 4.79 Å². The molecule has 1 N–H and O–H groups in total. The standard InChI is InChI=1S/C6H12O4/c1-5(7)10-4-3-6(8)9-2/h6,8H,3-4H2,1-2H3. The first-order chi connectivity index (χ1) is 4.66. The van der Waals surface area contributed by atoms with Crippen molar-refractivity contribution in [1.82, 2.24) is 0 Å². The van der Waals surface area contributed by atoms with Crippen LogP contribution in [0.1, 0.15) is 13.3 Å². The highest BCUT2D eigenvalue weighted by atomic mass is 16.6. The number of rotatable bonds is 4. The van der Waals surface area contributed by atoms with Crippen LogP contribution in [0.5, 0.6) is 0 Å². The molecule has 0 aliphatic heterocycles. The number of hydrogen-bond donors (Lipinski definition) is 1. The third-order valence-electron chi connectivity index (χ3n) is 0.942. The Labute approximate surface area is 59.7 Å². The number of aliphatic hydroxyl groups excluding tert-OH is 1. The molecule has 0 heterocycles. The summed E-state index contributed by atoms with van der Waals surface area (Å²) in [7, 11) is 1.39. The third kappa shape index (κ3) is 5.53. The van der Waals surface area contributed by atoms with E-state index < -0.39 is 6.29 Å². The fourth-order valence-electron chi connectivity index (χ4n) is 0.421. The second-order valence-corrected chi connectivity index (χ2v) is 1.82. The lowest BCUT2D eigenvalue weighted by atomic mass is 10.4. The van der Waals surface area contributed by atoms with Crippen LogP contribution in [-0.2, 0) is 14.3 Å². The van der Waals surface area contributed by atoms with Crippen molar-refractivity contribution in [1.29, 1.82) is 0 Å².